The number of amides is 1. The number of aromatic nitrogens is 2. The van der Waals surface area contributed by atoms with Gasteiger partial charge in [0.1, 0.15) is 11.3 Å². The molecule has 2 heterocycles. The first-order valence-electron chi connectivity index (χ1n) is 10.5. The van der Waals surface area contributed by atoms with Gasteiger partial charge in [0.05, 0.1) is 23.4 Å². The van der Waals surface area contributed by atoms with Gasteiger partial charge in [0.15, 0.2) is 5.13 Å². The smallest absolute Gasteiger partial charge is 0.480 e. The van der Waals surface area contributed by atoms with Crippen LogP contribution in [-0.2, 0) is 0 Å². The van der Waals surface area contributed by atoms with Crippen LogP contribution in [-0.4, -0.2) is 36.4 Å². The predicted molar refractivity (Wildman–Crippen MR) is 128 cm³/mol. The van der Waals surface area contributed by atoms with E-state index in [9.17, 15) is 18.0 Å². The lowest BCUT2D eigenvalue weighted by molar-refractivity contribution is -0.275. The molecule has 4 rings (SSSR count). The molecule has 0 aliphatic rings. The molecule has 0 aliphatic heterocycles. The largest absolute Gasteiger partial charge is 0.573 e. The molecule has 7 nitrogen and oxygen atoms in total. The highest BCUT2D eigenvalue weighted by molar-refractivity contribution is 7.22. The maximum absolute atomic E-state index is 13.1. The molecule has 0 bridgehead atoms. The first-order chi connectivity index (χ1) is 16.7. The fraction of sp³-hybridized carbons (Fsp3) is 0.208. The molecule has 0 saturated carbocycles. The quantitative estimate of drug-likeness (QED) is 0.332. The van der Waals surface area contributed by atoms with Crippen molar-refractivity contribution in [2.24, 2.45) is 0 Å². The SMILES string of the molecule is CNc1nc2ccc(-c3cnc(OC)c(C(=O)NC(C)c4ccccc4OC(F)(F)F)c3)cc2s1. The number of anilines is 1. The first-order valence-corrected chi connectivity index (χ1v) is 11.3. The molecule has 0 aliphatic carbocycles. The molecule has 35 heavy (non-hydrogen) atoms. The average Bonchev–Trinajstić information content (AvgIpc) is 3.25. The van der Waals surface area contributed by atoms with Crippen molar-refractivity contribution < 1.29 is 27.4 Å². The summed E-state index contributed by atoms with van der Waals surface area (Å²) in [5.41, 5.74) is 2.66. The van der Waals surface area contributed by atoms with Crippen LogP contribution in [0.25, 0.3) is 21.3 Å². The maximum atomic E-state index is 13.1. The molecule has 2 aromatic heterocycles. The highest BCUT2D eigenvalue weighted by Gasteiger charge is 2.32. The molecule has 2 aromatic carbocycles. The molecule has 11 heteroatoms. The number of pyridine rings is 1. The zero-order valence-electron chi connectivity index (χ0n) is 18.9. The Balaban J connectivity index is 1.62. The summed E-state index contributed by atoms with van der Waals surface area (Å²) >= 11 is 1.50. The summed E-state index contributed by atoms with van der Waals surface area (Å²) in [5.74, 6) is -0.845. The van der Waals surface area contributed by atoms with E-state index in [1.165, 1.54) is 36.6 Å². The Morgan fingerprint density at radius 3 is 2.60 bits per heavy atom. The summed E-state index contributed by atoms with van der Waals surface area (Å²) in [7, 11) is 3.18. The van der Waals surface area contributed by atoms with Crippen molar-refractivity contribution in [3.05, 3.63) is 65.9 Å². The van der Waals surface area contributed by atoms with Crippen molar-refractivity contribution in [3.63, 3.8) is 0 Å². The predicted octanol–water partition coefficient (Wildman–Crippen LogP) is 5.80. The molecule has 182 valence electrons. The summed E-state index contributed by atoms with van der Waals surface area (Å²) in [6, 6.07) is 12.2. The van der Waals surface area contributed by atoms with Crippen LogP contribution >= 0.6 is 11.3 Å². The van der Waals surface area contributed by atoms with Gasteiger partial charge in [-0.05, 0) is 36.8 Å². The second kappa shape index (κ2) is 9.79. The number of methoxy groups -OCH3 is 1. The number of rotatable bonds is 7. The van der Waals surface area contributed by atoms with Crippen LogP contribution < -0.4 is 20.1 Å². The highest BCUT2D eigenvalue weighted by Crippen LogP contribution is 2.33. The fourth-order valence-electron chi connectivity index (χ4n) is 3.55. The Hall–Kier alpha value is -3.86. The Morgan fingerprint density at radius 2 is 1.89 bits per heavy atom. The van der Waals surface area contributed by atoms with Crippen LogP contribution in [0, 0.1) is 0 Å². The number of carbonyl (C=O) groups is 1. The van der Waals surface area contributed by atoms with Gasteiger partial charge in [0, 0.05) is 24.4 Å². The number of ether oxygens (including phenoxy) is 2. The molecule has 0 fully saturated rings. The topological polar surface area (TPSA) is 85.4 Å². The van der Waals surface area contributed by atoms with Gasteiger partial charge in [-0.15, -0.1) is 13.2 Å². The van der Waals surface area contributed by atoms with Crippen LogP contribution in [0.5, 0.6) is 11.6 Å². The van der Waals surface area contributed by atoms with Gasteiger partial charge in [-0.2, -0.15) is 0 Å². The van der Waals surface area contributed by atoms with Crippen LogP contribution in [0.1, 0.15) is 28.9 Å². The third-order valence-electron chi connectivity index (χ3n) is 5.18. The van der Waals surface area contributed by atoms with Gasteiger partial charge in [-0.3, -0.25) is 4.79 Å². The number of benzene rings is 2. The Kier molecular flexibility index (Phi) is 6.79. The normalized spacial score (nSPS) is 12.3. The Bertz CT molecular complexity index is 1370. The summed E-state index contributed by atoms with van der Waals surface area (Å²) < 4.78 is 48.7. The summed E-state index contributed by atoms with van der Waals surface area (Å²) in [4.78, 5) is 21.9. The minimum atomic E-state index is -4.85. The van der Waals surface area contributed by atoms with Gasteiger partial charge >= 0.3 is 6.36 Å². The third-order valence-corrected chi connectivity index (χ3v) is 6.22. The van der Waals surface area contributed by atoms with E-state index in [0.29, 0.717) is 5.56 Å². The number of hydrogen-bond donors (Lipinski definition) is 2. The summed E-state index contributed by atoms with van der Waals surface area (Å²) in [6.45, 7) is 1.57. The second-order valence-corrected chi connectivity index (χ2v) is 8.54. The van der Waals surface area contributed by atoms with E-state index in [4.69, 9.17) is 4.74 Å². The van der Waals surface area contributed by atoms with Crippen LogP contribution in [0.3, 0.4) is 0 Å². The van der Waals surface area contributed by atoms with Gasteiger partial charge < -0.3 is 20.1 Å². The van der Waals surface area contributed by atoms with Gasteiger partial charge in [0.25, 0.3) is 5.91 Å². The number of nitrogens with one attached hydrogen (secondary N) is 2. The van der Waals surface area contributed by atoms with E-state index in [1.807, 2.05) is 18.2 Å². The lowest BCUT2D eigenvalue weighted by atomic mass is 10.0. The van der Waals surface area contributed by atoms with E-state index in [2.05, 4.69) is 25.3 Å². The van der Waals surface area contributed by atoms with Crippen molar-refractivity contribution >= 4 is 32.6 Å². The zero-order valence-corrected chi connectivity index (χ0v) is 19.8. The fourth-order valence-corrected chi connectivity index (χ4v) is 4.41. The molecule has 2 N–H and O–H groups in total. The monoisotopic (exact) mass is 502 g/mol. The summed E-state index contributed by atoms with van der Waals surface area (Å²) in [6.07, 6.45) is -3.26. The number of carbonyl (C=O) groups excluding carboxylic acids is 1. The molecule has 4 aromatic rings. The van der Waals surface area contributed by atoms with Gasteiger partial charge in [0.2, 0.25) is 5.88 Å². The second-order valence-electron chi connectivity index (χ2n) is 7.51. The number of nitrogens with zero attached hydrogens (tertiary/aromatic N) is 2. The van der Waals surface area contributed by atoms with E-state index >= 15 is 0 Å². The molecule has 1 unspecified atom stereocenters. The number of thiazole rings is 1. The molecule has 1 atom stereocenters. The van der Waals surface area contributed by atoms with Crippen molar-refractivity contribution in [1.29, 1.82) is 0 Å². The zero-order chi connectivity index (χ0) is 25.2. The number of hydrogen-bond acceptors (Lipinski definition) is 7. The highest BCUT2D eigenvalue weighted by atomic mass is 32.1. The maximum Gasteiger partial charge on any atom is 0.573 e. The molecule has 1 amide bonds. The average molecular weight is 503 g/mol. The van der Waals surface area contributed by atoms with Gasteiger partial charge in [-0.1, -0.05) is 35.6 Å². The first kappa shape index (κ1) is 24.3. The lowest BCUT2D eigenvalue weighted by Crippen LogP contribution is -2.28. The van der Waals surface area contributed by atoms with Crippen LogP contribution in [0.15, 0.2) is 54.7 Å². The number of fused-ring (bicyclic) bond motifs is 1. The van der Waals surface area contributed by atoms with E-state index in [0.717, 1.165) is 20.9 Å². The summed E-state index contributed by atoms with van der Waals surface area (Å²) in [5, 5.41) is 6.51. The lowest BCUT2D eigenvalue weighted by Gasteiger charge is -2.19. The van der Waals surface area contributed by atoms with Crippen molar-refractivity contribution in [3.8, 4) is 22.8 Å². The van der Waals surface area contributed by atoms with Crippen molar-refractivity contribution in [2.75, 3.05) is 19.5 Å². The van der Waals surface area contributed by atoms with Crippen molar-refractivity contribution in [2.45, 2.75) is 19.3 Å². The molecule has 0 saturated heterocycles. The number of alkyl halides is 3. The molecular formula is C24H21F3N4O3S. The Morgan fingerprint density at radius 1 is 1.11 bits per heavy atom. The van der Waals surface area contributed by atoms with Crippen LogP contribution in [0.2, 0.25) is 0 Å². The van der Waals surface area contributed by atoms with E-state index < -0.39 is 18.3 Å². The minimum absolute atomic E-state index is 0.0922. The van der Waals surface area contributed by atoms with Gasteiger partial charge in [-0.25, -0.2) is 9.97 Å². The number of halogens is 3. The van der Waals surface area contributed by atoms with Crippen LogP contribution in [0.4, 0.5) is 18.3 Å². The Labute approximate surface area is 202 Å². The number of para-hydroxylation sites is 1. The molecule has 0 spiro atoms. The standard InChI is InChI=1S/C24H21F3N4O3S/c1-13(16-6-4-5-7-19(16)34-24(25,26)27)30-21(32)17-10-15(12-29-22(17)33-3)14-8-9-18-20(11-14)35-23(28-2)31-18/h4-13H,1-3H3,(H,28,31)(H,30,32). The van der Waals surface area contributed by atoms with E-state index in [1.54, 1.807) is 32.3 Å². The third kappa shape index (κ3) is 5.46. The molecular weight excluding hydrogens is 481 g/mol. The molecule has 0 radical (unpaired) electrons. The van der Waals surface area contributed by atoms with Crippen molar-refractivity contribution in [1.82, 2.24) is 15.3 Å². The minimum Gasteiger partial charge on any atom is -0.480 e. The van der Waals surface area contributed by atoms with E-state index in [-0.39, 0.29) is 22.8 Å².